The molecule has 0 bridgehead atoms. The molecule has 0 unspecified atom stereocenters. The van der Waals surface area contributed by atoms with Crippen molar-refractivity contribution in [3.05, 3.63) is 24.3 Å². The van der Waals surface area contributed by atoms with Gasteiger partial charge in [-0.2, -0.15) is 5.10 Å². The van der Waals surface area contributed by atoms with E-state index in [1.165, 1.54) is 6.42 Å². The largest absolute Gasteiger partial charge is 0.381 e. The molecule has 19 heavy (non-hydrogen) atoms. The number of H-pyrrole nitrogens is 1. The summed E-state index contributed by atoms with van der Waals surface area (Å²) >= 11 is 0. The minimum atomic E-state index is 0.793. The lowest BCUT2D eigenvalue weighted by Crippen LogP contribution is -2.06. The molecule has 0 atom stereocenters. The van der Waals surface area contributed by atoms with Crippen molar-refractivity contribution in [1.29, 1.82) is 0 Å². The predicted molar refractivity (Wildman–Crippen MR) is 74.9 cm³/mol. The van der Waals surface area contributed by atoms with Crippen molar-refractivity contribution in [2.75, 3.05) is 13.2 Å². The van der Waals surface area contributed by atoms with Gasteiger partial charge in [-0.15, -0.1) is 0 Å². The normalized spacial score (nSPS) is 11.1. The fourth-order valence-electron chi connectivity index (χ4n) is 1.99. The molecule has 0 aromatic carbocycles. The molecule has 0 aliphatic carbocycles. The maximum absolute atomic E-state index is 5.57. The molecule has 0 radical (unpaired) electrons. The molecular weight excluding hydrogens is 240 g/mol. The third-order valence-electron chi connectivity index (χ3n) is 2.98. The van der Waals surface area contributed by atoms with Crippen LogP contribution in [0.25, 0.3) is 11.4 Å². The second kappa shape index (κ2) is 7.09. The van der Waals surface area contributed by atoms with Gasteiger partial charge in [0.15, 0.2) is 0 Å². The SMILES string of the molecule is CCCCOCCCn1nc(C)cc1-c1cnc[nH]1. The number of ether oxygens (including phenoxy) is 1. The number of nitrogens with zero attached hydrogens (tertiary/aromatic N) is 3. The van der Waals surface area contributed by atoms with E-state index in [0.717, 1.165) is 49.7 Å². The van der Waals surface area contributed by atoms with Crippen LogP contribution in [0.5, 0.6) is 0 Å². The zero-order chi connectivity index (χ0) is 13.5. The van der Waals surface area contributed by atoms with Crippen molar-refractivity contribution in [2.24, 2.45) is 0 Å². The molecule has 0 fully saturated rings. The summed E-state index contributed by atoms with van der Waals surface area (Å²) in [6.07, 6.45) is 6.81. The molecule has 2 rings (SSSR count). The fourth-order valence-corrected chi connectivity index (χ4v) is 1.99. The van der Waals surface area contributed by atoms with Gasteiger partial charge in [-0.25, -0.2) is 4.98 Å². The Hall–Kier alpha value is -1.62. The Morgan fingerprint density at radius 3 is 2.89 bits per heavy atom. The summed E-state index contributed by atoms with van der Waals surface area (Å²) in [5.41, 5.74) is 3.12. The Kier molecular flexibility index (Phi) is 5.15. The summed E-state index contributed by atoms with van der Waals surface area (Å²) in [6, 6.07) is 2.07. The van der Waals surface area contributed by atoms with Crippen LogP contribution in [0, 0.1) is 6.92 Å². The standard InChI is InChI=1S/C14H22N4O/c1-3-4-7-19-8-5-6-18-14(9-12(2)17-18)13-10-15-11-16-13/h9-11H,3-8H2,1-2H3,(H,15,16). The monoisotopic (exact) mass is 262 g/mol. The first-order chi connectivity index (χ1) is 9.31. The number of aryl methyl sites for hydroxylation is 2. The molecule has 5 nitrogen and oxygen atoms in total. The Bertz CT molecular complexity index is 476. The van der Waals surface area contributed by atoms with Gasteiger partial charge >= 0.3 is 0 Å². The highest BCUT2D eigenvalue weighted by Crippen LogP contribution is 2.17. The highest BCUT2D eigenvalue weighted by atomic mass is 16.5. The van der Waals surface area contributed by atoms with Gasteiger partial charge < -0.3 is 9.72 Å². The summed E-state index contributed by atoms with van der Waals surface area (Å²) in [5, 5.41) is 4.51. The molecule has 0 aliphatic rings. The lowest BCUT2D eigenvalue weighted by molar-refractivity contribution is 0.125. The maximum Gasteiger partial charge on any atom is 0.0924 e. The first-order valence-corrected chi connectivity index (χ1v) is 6.92. The summed E-state index contributed by atoms with van der Waals surface area (Å²) < 4.78 is 7.59. The number of rotatable bonds is 8. The van der Waals surface area contributed by atoms with Crippen LogP contribution in [0.15, 0.2) is 18.6 Å². The van der Waals surface area contributed by atoms with E-state index >= 15 is 0 Å². The number of nitrogens with one attached hydrogen (secondary N) is 1. The number of hydrogen-bond donors (Lipinski definition) is 1. The van der Waals surface area contributed by atoms with Crippen LogP contribution in [0.1, 0.15) is 31.9 Å². The van der Waals surface area contributed by atoms with Crippen LogP contribution in [-0.2, 0) is 11.3 Å². The lowest BCUT2D eigenvalue weighted by atomic mass is 10.3. The number of imidazole rings is 1. The fraction of sp³-hybridized carbons (Fsp3) is 0.571. The number of hydrogen-bond acceptors (Lipinski definition) is 3. The minimum Gasteiger partial charge on any atom is -0.381 e. The molecule has 0 saturated heterocycles. The van der Waals surface area contributed by atoms with E-state index in [9.17, 15) is 0 Å². The Labute approximate surface area is 114 Å². The van der Waals surface area contributed by atoms with Crippen molar-refractivity contribution in [2.45, 2.75) is 39.7 Å². The first kappa shape index (κ1) is 13.8. The molecule has 1 N–H and O–H groups in total. The van der Waals surface area contributed by atoms with E-state index in [2.05, 4.69) is 28.1 Å². The van der Waals surface area contributed by atoms with E-state index in [-0.39, 0.29) is 0 Å². The quantitative estimate of drug-likeness (QED) is 0.744. The van der Waals surface area contributed by atoms with Crippen molar-refractivity contribution in [3.63, 3.8) is 0 Å². The van der Waals surface area contributed by atoms with Gasteiger partial charge in [0, 0.05) is 19.8 Å². The summed E-state index contributed by atoms with van der Waals surface area (Å²) in [6.45, 7) is 6.71. The molecule has 5 heteroatoms. The Morgan fingerprint density at radius 1 is 1.32 bits per heavy atom. The van der Waals surface area contributed by atoms with E-state index < -0.39 is 0 Å². The van der Waals surface area contributed by atoms with Crippen molar-refractivity contribution >= 4 is 0 Å². The first-order valence-electron chi connectivity index (χ1n) is 6.92. The van der Waals surface area contributed by atoms with E-state index in [1.807, 2.05) is 17.8 Å². The van der Waals surface area contributed by atoms with Gasteiger partial charge in [0.1, 0.15) is 0 Å². The van der Waals surface area contributed by atoms with Gasteiger partial charge in [-0.3, -0.25) is 4.68 Å². The van der Waals surface area contributed by atoms with Gasteiger partial charge in [0.05, 0.1) is 29.6 Å². The van der Waals surface area contributed by atoms with Gasteiger partial charge in [-0.05, 0) is 25.8 Å². The number of unbranched alkanes of at least 4 members (excludes halogenated alkanes) is 1. The topological polar surface area (TPSA) is 55.7 Å². The highest BCUT2D eigenvalue weighted by Gasteiger charge is 2.08. The van der Waals surface area contributed by atoms with Crippen LogP contribution >= 0.6 is 0 Å². The van der Waals surface area contributed by atoms with Gasteiger partial charge in [0.25, 0.3) is 0 Å². The van der Waals surface area contributed by atoms with Crippen molar-refractivity contribution in [3.8, 4) is 11.4 Å². The van der Waals surface area contributed by atoms with E-state index in [0.29, 0.717) is 0 Å². The summed E-state index contributed by atoms with van der Waals surface area (Å²) in [4.78, 5) is 7.18. The highest BCUT2D eigenvalue weighted by molar-refractivity contribution is 5.53. The number of aromatic nitrogens is 4. The van der Waals surface area contributed by atoms with E-state index in [1.54, 1.807) is 6.33 Å². The molecule has 2 heterocycles. The third kappa shape index (κ3) is 3.92. The Balaban J connectivity index is 1.86. The molecular formula is C14H22N4O. The lowest BCUT2D eigenvalue weighted by Gasteiger charge is -2.06. The molecule has 0 amide bonds. The van der Waals surface area contributed by atoms with Gasteiger partial charge in [0.2, 0.25) is 0 Å². The molecule has 104 valence electrons. The van der Waals surface area contributed by atoms with Crippen molar-refractivity contribution in [1.82, 2.24) is 19.7 Å². The second-order valence-corrected chi connectivity index (χ2v) is 4.68. The molecule has 2 aromatic heterocycles. The average molecular weight is 262 g/mol. The van der Waals surface area contributed by atoms with Crippen LogP contribution in [0.4, 0.5) is 0 Å². The minimum absolute atomic E-state index is 0.793. The zero-order valence-electron chi connectivity index (χ0n) is 11.7. The molecule has 0 aliphatic heterocycles. The van der Waals surface area contributed by atoms with Crippen LogP contribution < -0.4 is 0 Å². The predicted octanol–water partition coefficient (Wildman–Crippen LogP) is 2.79. The van der Waals surface area contributed by atoms with Crippen LogP contribution in [-0.4, -0.2) is 33.0 Å². The molecule has 2 aromatic rings. The molecule has 0 saturated carbocycles. The smallest absolute Gasteiger partial charge is 0.0924 e. The van der Waals surface area contributed by atoms with Crippen molar-refractivity contribution < 1.29 is 4.74 Å². The van der Waals surface area contributed by atoms with Gasteiger partial charge in [-0.1, -0.05) is 13.3 Å². The molecule has 0 spiro atoms. The second-order valence-electron chi connectivity index (χ2n) is 4.68. The zero-order valence-corrected chi connectivity index (χ0v) is 11.7. The average Bonchev–Trinajstić information content (AvgIpc) is 3.02. The van der Waals surface area contributed by atoms with E-state index in [4.69, 9.17) is 4.74 Å². The maximum atomic E-state index is 5.57. The summed E-state index contributed by atoms with van der Waals surface area (Å²) in [7, 11) is 0. The number of aromatic amines is 1. The van der Waals surface area contributed by atoms with Crippen LogP contribution in [0.3, 0.4) is 0 Å². The summed E-state index contributed by atoms with van der Waals surface area (Å²) in [5.74, 6) is 0. The Morgan fingerprint density at radius 2 is 2.16 bits per heavy atom. The third-order valence-corrected chi connectivity index (χ3v) is 2.98. The van der Waals surface area contributed by atoms with Crippen LogP contribution in [0.2, 0.25) is 0 Å².